The summed E-state index contributed by atoms with van der Waals surface area (Å²) in [6, 6.07) is 17.9. The number of aromatic carboxylic acids is 1. The number of aromatic nitrogens is 1. The molecule has 3 aromatic rings. The molecule has 0 spiro atoms. The Kier molecular flexibility index (Phi) is 4.98. The average molecular weight is 401 g/mol. The normalized spacial score (nSPS) is 12.0. The smallest absolute Gasteiger partial charge is 0.411 e. The number of aryl methyl sites for hydroxylation is 1. The lowest BCUT2D eigenvalue weighted by atomic mass is 9.98. The highest BCUT2D eigenvalue weighted by molar-refractivity contribution is 5.99. The summed E-state index contributed by atoms with van der Waals surface area (Å²) in [5, 5.41) is 21.3. The molecule has 1 aromatic heterocycles. The number of carbonyl (C=O) groups is 2. The Morgan fingerprint density at radius 3 is 2.27 bits per heavy atom. The van der Waals surface area contributed by atoms with E-state index in [-0.39, 0.29) is 29.5 Å². The van der Waals surface area contributed by atoms with Crippen LogP contribution in [0.3, 0.4) is 0 Å². The summed E-state index contributed by atoms with van der Waals surface area (Å²) in [5.41, 5.74) is 4.25. The standard InChI is InChI=1S/C23H19N3O4/c1-2-26-12-14(11-24)20(21(26)22(27)28)25-23(29)30-13-19-17-9-5-3-7-15(17)16-8-4-6-10-18(16)19/h3-10,12,19H,2,13H2,1H3,(H,25,29)(H,27,28). The first-order valence-corrected chi connectivity index (χ1v) is 9.53. The SMILES string of the molecule is CCn1cc(C#N)c(NC(=O)OCC2c3ccccc3-c3ccccc32)c1C(=O)O. The summed E-state index contributed by atoms with van der Waals surface area (Å²) < 4.78 is 6.86. The molecular weight excluding hydrogens is 382 g/mol. The number of fused-ring (bicyclic) bond motifs is 3. The van der Waals surface area contributed by atoms with Gasteiger partial charge in [0, 0.05) is 18.7 Å². The lowest BCUT2D eigenvalue weighted by Gasteiger charge is -2.15. The molecule has 7 nitrogen and oxygen atoms in total. The maximum Gasteiger partial charge on any atom is 0.411 e. The molecule has 1 aliphatic carbocycles. The van der Waals surface area contributed by atoms with Gasteiger partial charge in [0.05, 0.1) is 11.3 Å². The van der Waals surface area contributed by atoms with Gasteiger partial charge >= 0.3 is 12.1 Å². The quantitative estimate of drug-likeness (QED) is 0.658. The number of hydrogen-bond donors (Lipinski definition) is 2. The van der Waals surface area contributed by atoms with Crippen molar-refractivity contribution in [2.24, 2.45) is 0 Å². The molecule has 0 bridgehead atoms. The third kappa shape index (κ3) is 3.18. The van der Waals surface area contributed by atoms with E-state index in [9.17, 15) is 20.0 Å². The monoisotopic (exact) mass is 401 g/mol. The number of carbonyl (C=O) groups excluding carboxylic acids is 1. The first-order chi connectivity index (χ1) is 14.5. The number of nitrogens with one attached hydrogen (secondary N) is 1. The van der Waals surface area contributed by atoms with Gasteiger partial charge < -0.3 is 14.4 Å². The fraction of sp³-hybridized carbons (Fsp3) is 0.174. The van der Waals surface area contributed by atoms with Crippen LogP contribution in [-0.4, -0.2) is 28.3 Å². The van der Waals surface area contributed by atoms with Crippen LogP contribution in [0, 0.1) is 11.3 Å². The van der Waals surface area contributed by atoms with E-state index in [0.717, 1.165) is 22.3 Å². The van der Waals surface area contributed by atoms with Crippen molar-refractivity contribution < 1.29 is 19.4 Å². The van der Waals surface area contributed by atoms with Crippen LogP contribution >= 0.6 is 0 Å². The Morgan fingerprint density at radius 1 is 1.13 bits per heavy atom. The van der Waals surface area contributed by atoms with Gasteiger partial charge in [0.2, 0.25) is 0 Å². The van der Waals surface area contributed by atoms with Crippen LogP contribution in [0.15, 0.2) is 54.7 Å². The van der Waals surface area contributed by atoms with Crippen LogP contribution < -0.4 is 5.32 Å². The fourth-order valence-corrected chi connectivity index (χ4v) is 3.98. The minimum absolute atomic E-state index is 0.0518. The predicted octanol–water partition coefficient (Wildman–Crippen LogP) is 4.44. The number of nitrogens with zero attached hydrogens (tertiary/aromatic N) is 2. The zero-order valence-electron chi connectivity index (χ0n) is 16.3. The third-order valence-corrected chi connectivity index (χ3v) is 5.31. The van der Waals surface area contributed by atoms with Crippen molar-refractivity contribution in [2.75, 3.05) is 11.9 Å². The Labute approximate surface area is 173 Å². The molecule has 0 atom stereocenters. The number of ether oxygens (including phenoxy) is 1. The number of benzene rings is 2. The molecule has 0 saturated carbocycles. The largest absolute Gasteiger partial charge is 0.477 e. The molecule has 2 N–H and O–H groups in total. The predicted molar refractivity (Wildman–Crippen MR) is 110 cm³/mol. The maximum atomic E-state index is 12.5. The molecule has 1 amide bonds. The fourth-order valence-electron chi connectivity index (χ4n) is 3.98. The number of nitriles is 1. The van der Waals surface area contributed by atoms with Gasteiger partial charge in [-0.15, -0.1) is 0 Å². The van der Waals surface area contributed by atoms with Crippen molar-refractivity contribution in [2.45, 2.75) is 19.4 Å². The van der Waals surface area contributed by atoms with Crippen LogP contribution in [0.1, 0.15) is 40.0 Å². The second-order valence-electron chi connectivity index (χ2n) is 6.92. The van der Waals surface area contributed by atoms with Crippen LogP contribution in [0.4, 0.5) is 10.5 Å². The molecule has 1 aliphatic rings. The van der Waals surface area contributed by atoms with Gasteiger partial charge in [-0.25, -0.2) is 9.59 Å². The van der Waals surface area contributed by atoms with Crippen LogP contribution in [0.5, 0.6) is 0 Å². The lowest BCUT2D eigenvalue weighted by Crippen LogP contribution is -2.20. The summed E-state index contributed by atoms with van der Waals surface area (Å²) >= 11 is 0. The minimum Gasteiger partial charge on any atom is -0.477 e. The molecule has 0 fully saturated rings. The van der Waals surface area contributed by atoms with Crippen molar-refractivity contribution in [1.82, 2.24) is 4.57 Å². The van der Waals surface area contributed by atoms with Gasteiger partial charge in [0.25, 0.3) is 0 Å². The van der Waals surface area contributed by atoms with Crippen molar-refractivity contribution in [3.05, 3.63) is 77.1 Å². The molecule has 0 saturated heterocycles. The summed E-state index contributed by atoms with van der Waals surface area (Å²) in [6.45, 7) is 2.20. The molecular formula is C23H19N3O4. The average Bonchev–Trinajstić information content (AvgIpc) is 3.27. The number of carboxylic acids is 1. The molecule has 30 heavy (non-hydrogen) atoms. The Bertz CT molecular complexity index is 1140. The van der Waals surface area contributed by atoms with E-state index in [2.05, 4.69) is 5.32 Å². The molecule has 0 unspecified atom stereocenters. The number of hydrogen-bond acceptors (Lipinski definition) is 4. The van der Waals surface area contributed by atoms with Gasteiger partial charge in [-0.3, -0.25) is 5.32 Å². The van der Waals surface area contributed by atoms with Gasteiger partial charge in [0.15, 0.2) is 5.69 Å². The minimum atomic E-state index is -1.23. The topological polar surface area (TPSA) is 104 Å². The molecule has 150 valence electrons. The Morgan fingerprint density at radius 2 is 1.73 bits per heavy atom. The second-order valence-corrected chi connectivity index (χ2v) is 6.92. The first kappa shape index (κ1) is 19.3. The number of rotatable bonds is 5. The summed E-state index contributed by atoms with van der Waals surface area (Å²) in [7, 11) is 0. The van der Waals surface area contributed by atoms with Gasteiger partial charge in [-0.05, 0) is 29.2 Å². The highest BCUT2D eigenvalue weighted by Gasteiger charge is 2.29. The van der Waals surface area contributed by atoms with Crippen LogP contribution in [0.25, 0.3) is 11.1 Å². The summed E-state index contributed by atoms with van der Waals surface area (Å²) in [4.78, 5) is 24.1. The van der Waals surface area contributed by atoms with E-state index in [1.54, 1.807) is 6.92 Å². The molecule has 4 rings (SSSR count). The van der Waals surface area contributed by atoms with E-state index in [4.69, 9.17) is 4.74 Å². The van der Waals surface area contributed by atoms with Crippen molar-refractivity contribution in [3.8, 4) is 17.2 Å². The highest BCUT2D eigenvalue weighted by atomic mass is 16.5. The number of carboxylic acid groups (broad SMARTS) is 1. The third-order valence-electron chi connectivity index (χ3n) is 5.31. The lowest BCUT2D eigenvalue weighted by molar-refractivity contribution is 0.0686. The van der Waals surface area contributed by atoms with E-state index in [1.807, 2.05) is 54.6 Å². The van der Waals surface area contributed by atoms with Gasteiger partial charge in [0.1, 0.15) is 12.7 Å². The summed E-state index contributed by atoms with van der Waals surface area (Å²) in [6.07, 6.45) is 0.604. The van der Waals surface area contributed by atoms with Crippen molar-refractivity contribution in [1.29, 1.82) is 5.26 Å². The highest BCUT2D eigenvalue weighted by Crippen LogP contribution is 2.44. The summed E-state index contributed by atoms with van der Waals surface area (Å²) in [5.74, 6) is -1.34. The number of anilines is 1. The van der Waals surface area contributed by atoms with Gasteiger partial charge in [-0.2, -0.15) is 5.26 Å². The van der Waals surface area contributed by atoms with Crippen LogP contribution in [-0.2, 0) is 11.3 Å². The molecule has 2 aromatic carbocycles. The zero-order valence-corrected chi connectivity index (χ0v) is 16.3. The van der Waals surface area contributed by atoms with E-state index in [0.29, 0.717) is 6.54 Å². The van der Waals surface area contributed by atoms with Crippen molar-refractivity contribution >= 4 is 17.7 Å². The molecule has 1 heterocycles. The van der Waals surface area contributed by atoms with E-state index in [1.165, 1.54) is 10.8 Å². The van der Waals surface area contributed by atoms with Gasteiger partial charge in [-0.1, -0.05) is 48.5 Å². The Balaban J connectivity index is 1.55. The van der Waals surface area contributed by atoms with E-state index >= 15 is 0 Å². The second kappa shape index (κ2) is 7.76. The Hall–Kier alpha value is -4.05. The first-order valence-electron chi connectivity index (χ1n) is 9.53. The molecule has 0 radical (unpaired) electrons. The van der Waals surface area contributed by atoms with Crippen molar-refractivity contribution in [3.63, 3.8) is 0 Å². The van der Waals surface area contributed by atoms with Crippen LogP contribution in [0.2, 0.25) is 0 Å². The number of amides is 1. The maximum absolute atomic E-state index is 12.5. The molecule has 7 heteroatoms. The molecule has 0 aliphatic heterocycles. The zero-order chi connectivity index (χ0) is 21.3. The van der Waals surface area contributed by atoms with E-state index < -0.39 is 12.1 Å².